The number of fused-ring (bicyclic) bond motifs is 1. The van der Waals surface area contributed by atoms with Crippen LogP contribution in [0.25, 0.3) is 11.4 Å². The van der Waals surface area contributed by atoms with Gasteiger partial charge in [-0.15, -0.1) is 16.4 Å². The second kappa shape index (κ2) is 7.98. The number of anilines is 2. The summed E-state index contributed by atoms with van der Waals surface area (Å²) in [5.41, 5.74) is 1.99. The van der Waals surface area contributed by atoms with E-state index in [2.05, 4.69) is 20.6 Å². The predicted molar refractivity (Wildman–Crippen MR) is 122 cm³/mol. The van der Waals surface area contributed by atoms with Crippen LogP contribution in [0.2, 0.25) is 5.02 Å². The number of nitrogens with zero attached hydrogens (tertiary/aromatic N) is 4. The van der Waals surface area contributed by atoms with Gasteiger partial charge in [0.2, 0.25) is 5.95 Å². The Bertz CT molecular complexity index is 1280. The molecule has 0 saturated heterocycles. The van der Waals surface area contributed by atoms with Gasteiger partial charge in [0.25, 0.3) is 5.91 Å². The molecule has 0 saturated carbocycles. The predicted octanol–water partition coefficient (Wildman–Crippen LogP) is 4.98. The monoisotopic (exact) mass is 448 g/mol. The molecule has 31 heavy (non-hydrogen) atoms. The molecule has 0 bridgehead atoms. The van der Waals surface area contributed by atoms with Crippen LogP contribution >= 0.6 is 22.9 Å². The molecular formula is C22H17ClN6OS. The molecule has 1 amide bonds. The largest absolute Gasteiger partial charge is 0.328 e. The van der Waals surface area contributed by atoms with E-state index in [1.54, 1.807) is 40.4 Å². The highest BCUT2D eigenvalue weighted by molar-refractivity contribution is 7.10. The van der Waals surface area contributed by atoms with Gasteiger partial charge in [0.05, 0.1) is 10.6 Å². The van der Waals surface area contributed by atoms with Crippen molar-refractivity contribution in [1.82, 2.24) is 19.7 Å². The van der Waals surface area contributed by atoms with Gasteiger partial charge in [-0.05, 0) is 42.6 Å². The zero-order valence-corrected chi connectivity index (χ0v) is 18.0. The lowest BCUT2D eigenvalue weighted by Gasteiger charge is -2.27. The molecule has 0 radical (unpaired) electrons. The average Bonchev–Trinajstić information content (AvgIpc) is 3.43. The van der Waals surface area contributed by atoms with Crippen LogP contribution in [0.5, 0.6) is 0 Å². The van der Waals surface area contributed by atoms with Gasteiger partial charge in [0, 0.05) is 22.3 Å². The van der Waals surface area contributed by atoms with Crippen molar-refractivity contribution < 1.29 is 4.79 Å². The molecule has 1 unspecified atom stereocenters. The Hall–Kier alpha value is -3.49. The molecule has 0 spiro atoms. The number of carbonyl (C=O) groups excluding carboxylic acids is 1. The molecule has 1 aromatic carbocycles. The highest BCUT2D eigenvalue weighted by atomic mass is 35.5. The van der Waals surface area contributed by atoms with Crippen molar-refractivity contribution in [2.24, 2.45) is 0 Å². The third-order valence-electron chi connectivity index (χ3n) is 4.93. The number of rotatable bonds is 4. The molecule has 1 aliphatic heterocycles. The lowest BCUT2D eigenvalue weighted by molar-refractivity contribution is -0.113. The van der Waals surface area contributed by atoms with Crippen LogP contribution in [0.3, 0.4) is 0 Å². The second-order valence-corrected chi connectivity index (χ2v) is 8.32. The zero-order chi connectivity index (χ0) is 21.4. The van der Waals surface area contributed by atoms with E-state index in [1.807, 2.05) is 48.7 Å². The summed E-state index contributed by atoms with van der Waals surface area (Å²) in [6, 6.07) is 16.3. The number of benzene rings is 1. The van der Waals surface area contributed by atoms with Crippen LogP contribution in [0.1, 0.15) is 17.8 Å². The van der Waals surface area contributed by atoms with Gasteiger partial charge < -0.3 is 10.6 Å². The summed E-state index contributed by atoms with van der Waals surface area (Å²) in [5, 5.41) is 13.4. The summed E-state index contributed by atoms with van der Waals surface area (Å²) in [7, 11) is 0. The van der Waals surface area contributed by atoms with Gasteiger partial charge in [-0.1, -0.05) is 35.9 Å². The van der Waals surface area contributed by atoms with Crippen LogP contribution in [-0.4, -0.2) is 25.7 Å². The Morgan fingerprint density at radius 2 is 2.00 bits per heavy atom. The van der Waals surface area contributed by atoms with E-state index in [0.717, 1.165) is 10.4 Å². The van der Waals surface area contributed by atoms with E-state index < -0.39 is 6.04 Å². The topological polar surface area (TPSA) is 84.7 Å². The molecular weight excluding hydrogens is 432 g/mol. The molecule has 3 aromatic heterocycles. The number of nitrogens with one attached hydrogen (secondary N) is 2. The quantitative estimate of drug-likeness (QED) is 0.459. The third-order valence-corrected chi connectivity index (χ3v) is 6.19. The number of hydrogen-bond donors (Lipinski definition) is 2. The Balaban J connectivity index is 1.59. The summed E-state index contributed by atoms with van der Waals surface area (Å²) in [6.07, 6.45) is 1.64. The first kappa shape index (κ1) is 19.5. The highest BCUT2D eigenvalue weighted by Crippen LogP contribution is 2.39. The van der Waals surface area contributed by atoms with Crippen molar-refractivity contribution in [1.29, 1.82) is 0 Å². The smallest absolute Gasteiger partial charge is 0.257 e. The molecule has 1 aliphatic rings. The van der Waals surface area contributed by atoms with Crippen LogP contribution in [0, 0.1) is 0 Å². The molecule has 154 valence electrons. The van der Waals surface area contributed by atoms with E-state index >= 15 is 0 Å². The Labute approximate surface area is 187 Å². The van der Waals surface area contributed by atoms with Gasteiger partial charge >= 0.3 is 0 Å². The summed E-state index contributed by atoms with van der Waals surface area (Å²) < 4.78 is 1.74. The van der Waals surface area contributed by atoms with E-state index in [4.69, 9.17) is 16.7 Å². The minimum atomic E-state index is -0.427. The van der Waals surface area contributed by atoms with Gasteiger partial charge in [0.15, 0.2) is 5.82 Å². The standard InChI is InChI=1S/C22H17ClN6OS/c1-13-18(21(30)26-17-10-4-5-11-24-17)19(16-9-6-12-31-16)29-22(25-13)27-20(28-29)14-7-2-3-8-15(14)23/h2-12,19H,1H3,(H,24,26,30)(H,25,27,28). The van der Waals surface area contributed by atoms with Crippen molar-refractivity contribution in [3.05, 3.63) is 87.3 Å². The number of pyridine rings is 1. The molecule has 4 heterocycles. The second-order valence-electron chi connectivity index (χ2n) is 6.93. The van der Waals surface area contributed by atoms with Crippen molar-refractivity contribution in [2.45, 2.75) is 13.0 Å². The Morgan fingerprint density at radius 3 is 2.74 bits per heavy atom. The zero-order valence-electron chi connectivity index (χ0n) is 16.4. The minimum absolute atomic E-state index is 0.248. The number of allylic oxidation sites excluding steroid dienone is 1. The Kier molecular flexibility index (Phi) is 5.01. The summed E-state index contributed by atoms with van der Waals surface area (Å²) in [6.45, 7) is 1.86. The molecule has 1 atom stereocenters. The normalized spacial score (nSPS) is 15.4. The third kappa shape index (κ3) is 3.60. The van der Waals surface area contributed by atoms with E-state index in [-0.39, 0.29) is 5.91 Å². The number of halogens is 1. The maximum atomic E-state index is 13.3. The fourth-order valence-electron chi connectivity index (χ4n) is 3.53. The van der Waals surface area contributed by atoms with Crippen molar-refractivity contribution in [2.75, 3.05) is 10.6 Å². The van der Waals surface area contributed by atoms with Crippen LogP contribution in [0.15, 0.2) is 77.4 Å². The first-order valence-corrected chi connectivity index (χ1v) is 10.8. The lowest BCUT2D eigenvalue weighted by atomic mass is 10.0. The lowest BCUT2D eigenvalue weighted by Crippen LogP contribution is -2.31. The van der Waals surface area contributed by atoms with Gasteiger partial charge in [-0.25, -0.2) is 9.67 Å². The highest BCUT2D eigenvalue weighted by Gasteiger charge is 2.35. The fraction of sp³-hybridized carbons (Fsp3) is 0.0909. The van der Waals surface area contributed by atoms with E-state index in [9.17, 15) is 4.79 Å². The molecule has 5 rings (SSSR count). The number of aromatic nitrogens is 4. The maximum Gasteiger partial charge on any atom is 0.257 e. The summed E-state index contributed by atoms with van der Waals surface area (Å²) >= 11 is 7.93. The number of amides is 1. The summed E-state index contributed by atoms with van der Waals surface area (Å²) in [5.74, 6) is 1.29. The first-order valence-electron chi connectivity index (χ1n) is 9.57. The van der Waals surface area contributed by atoms with Gasteiger partial charge in [-0.3, -0.25) is 4.79 Å². The molecule has 9 heteroatoms. The van der Waals surface area contributed by atoms with Crippen LogP contribution < -0.4 is 10.6 Å². The molecule has 4 aromatic rings. The molecule has 0 aliphatic carbocycles. The van der Waals surface area contributed by atoms with E-state index in [1.165, 1.54) is 0 Å². The van der Waals surface area contributed by atoms with Gasteiger partial charge in [0.1, 0.15) is 11.9 Å². The Morgan fingerprint density at radius 1 is 1.16 bits per heavy atom. The average molecular weight is 449 g/mol. The molecule has 7 nitrogen and oxygen atoms in total. The maximum absolute atomic E-state index is 13.3. The van der Waals surface area contributed by atoms with Crippen LogP contribution in [0.4, 0.5) is 11.8 Å². The van der Waals surface area contributed by atoms with Crippen LogP contribution in [-0.2, 0) is 4.79 Å². The number of hydrogen-bond acceptors (Lipinski definition) is 6. The van der Waals surface area contributed by atoms with Crippen molar-refractivity contribution in [3.8, 4) is 11.4 Å². The van der Waals surface area contributed by atoms with Crippen molar-refractivity contribution in [3.63, 3.8) is 0 Å². The molecule has 0 fully saturated rings. The number of carbonyl (C=O) groups is 1. The SMILES string of the molecule is CC1=C(C(=O)Nc2ccccn2)C(c2cccs2)n2nc(-c3ccccc3Cl)nc2N1. The fourth-order valence-corrected chi connectivity index (χ4v) is 4.57. The van der Waals surface area contributed by atoms with Crippen molar-refractivity contribution >= 4 is 40.6 Å². The van der Waals surface area contributed by atoms with E-state index in [0.29, 0.717) is 33.9 Å². The number of thiophene rings is 1. The minimum Gasteiger partial charge on any atom is -0.328 e. The van der Waals surface area contributed by atoms with Gasteiger partial charge in [-0.2, -0.15) is 4.98 Å². The first-order chi connectivity index (χ1) is 15.1. The molecule has 2 N–H and O–H groups in total. The summed E-state index contributed by atoms with van der Waals surface area (Å²) in [4.78, 5) is 23.1.